The Morgan fingerprint density at radius 2 is 1.82 bits per heavy atom. The highest BCUT2D eigenvalue weighted by atomic mass is 14.9. The Morgan fingerprint density at radius 3 is 2.65 bits per heavy atom. The van der Waals surface area contributed by atoms with Crippen LogP contribution in [0.1, 0.15) is 28.3 Å². The maximum absolute atomic E-state index is 3.62. The highest BCUT2D eigenvalue weighted by molar-refractivity contribution is 5.58. The number of aryl methyl sites for hydroxylation is 1. The maximum atomic E-state index is 3.62. The lowest BCUT2D eigenvalue weighted by atomic mass is 9.95. The zero-order valence-corrected chi connectivity index (χ0v) is 10.3. The summed E-state index contributed by atoms with van der Waals surface area (Å²) >= 11 is 0. The van der Waals surface area contributed by atoms with E-state index in [0.717, 1.165) is 6.42 Å². The molecule has 2 aromatic carbocycles. The van der Waals surface area contributed by atoms with Crippen molar-refractivity contribution in [3.8, 4) is 0 Å². The molecule has 1 heteroatoms. The van der Waals surface area contributed by atoms with Gasteiger partial charge in [-0.2, -0.15) is 0 Å². The molecular formula is C16H17N. The average molecular weight is 223 g/mol. The number of para-hydroxylation sites is 1. The van der Waals surface area contributed by atoms with E-state index in [1.165, 1.54) is 27.9 Å². The summed E-state index contributed by atoms with van der Waals surface area (Å²) in [6, 6.07) is 15.6. The second-order valence-corrected chi connectivity index (χ2v) is 4.85. The van der Waals surface area contributed by atoms with Gasteiger partial charge in [0.15, 0.2) is 0 Å². The second-order valence-electron chi connectivity index (χ2n) is 4.85. The summed E-state index contributed by atoms with van der Waals surface area (Å²) in [5, 5.41) is 3.62. The Hall–Kier alpha value is -1.76. The normalized spacial score (nSPS) is 17.6. The van der Waals surface area contributed by atoms with Gasteiger partial charge in [-0.1, -0.05) is 36.4 Å². The third-order valence-electron chi connectivity index (χ3n) is 3.79. The molecule has 0 radical (unpaired) electrons. The molecule has 0 aromatic heterocycles. The molecule has 0 bridgehead atoms. The van der Waals surface area contributed by atoms with E-state index in [4.69, 9.17) is 0 Å². The molecule has 0 saturated carbocycles. The first-order valence-electron chi connectivity index (χ1n) is 6.16. The van der Waals surface area contributed by atoms with Gasteiger partial charge in [-0.15, -0.1) is 0 Å². The zero-order chi connectivity index (χ0) is 11.8. The summed E-state index contributed by atoms with van der Waals surface area (Å²) < 4.78 is 0. The standard InChI is InChI=1S/C16H17N/c1-11-6-5-8-14(12(11)2)16-10-13-7-3-4-9-15(13)17-16/h3-9,16-17H,10H2,1-2H3. The van der Waals surface area contributed by atoms with Crippen LogP contribution >= 0.6 is 0 Å². The van der Waals surface area contributed by atoms with Crippen LogP contribution in [0, 0.1) is 13.8 Å². The van der Waals surface area contributed by atoms with Crippen molar-refractivity contribution in [2.24, 2.45) is 0 Å². The predicted molar refractivity (Wildman–Crippen MR) is 72.4 cm³/mol. The first-order valence-corrected chi connectivity index (χ1v) is 6.16. The molecule has 0 saturated heterocycles. The first-order chi connectivity index (χ1) is 8.25. The number of anilines is 1. The van der Waals surface area contributed by atoms with E-state index < -0.39 is 0 Å². The number of nitrogens with one attached hydrogen (secondary N) is 1. The lowest BCUT2D eigenvalue weighted by Gasteiger charge is -2.16. The number of rotatable bonds is 1. The van der Waals surface area contributed by atoms with Crippen LogP contribution in [0.3, 0.4) is 0 Å². The average Bonchev–Trinajstić information content (AvgIpc) is 2.76. The lowest BCUT2D eigenvalue weighted by Crippen LogP contribution is -2.08. The largest absolute Gasteiger partial charge is 0.378 e. The van der Waals surface area contributed by atoms with Gasteiger partial charge < -0.3 is 5.32 Å². The number of fused-ring (bicyclic) bond motifs is 1. The molecule has 1 heterocycles. The summed E-state index contributed by atoms with van der Waals surface area (Å²) in [7, 11) is 0. The molecule has 1 N–H and O–H groups in total. The monoisotopic (exact) mass is 223 g/mol. The molecule has 0 aliphatic carbocycles. The maximum Gasteiger partial charge on any atom is 0.0557 e. The molecule has 1 unspecified atom stereocenters. The minimum Gasteiger partial charge on any atom is -0.378 e. The molecule has 1 nitrogen and oxygen atoms in total. The number of hydrogen-bond acceptors (Lipinski definition) is 1. The van der Waals surface area contributed by atoms with E-state index in [1.807, 2.05) is 0 Å². The minimum atomic E-state index is 0.437. The molecule has 2 aromatic rings. The molecule has 0 fully saturated rings. The van der Waals surface area contributed by atoms with Gasteiger partial charge in [-0.3, -0.25) is 0 Å². The van der Waals surface area contributed by atoms with Gasteiger partial charge in [-0.05, 0) is 48.6 Å². The summed E-state index contributed by atoms with van der Waals surface area (Å²) in [5.74, 6) is 0. The van der Waals surface area contributed by atoms with E-state index in [2.05, 4.69) is 61.6 Å². The third kappa shape index (κ3) is 1.72. The van der Waals surface area contributed by atoms with Crippen molar-refractivity contribution in [1.29, 1.82) is 0 Å². The molecule has 3 rings (SSSR count). The van der Waals surface area contributed by atoms with Crippen molar-refractivity contribution in [2.75, 3.05) is 5.32 Å². The SMILES string of the molecule is Cc1cccc(C2Cc3ccccc3N2)c1C. The smallest absolute Gasteiger partial charge is 0.0557 e. The van der Waals surface area contributed by atoms with E-state index >= 15 is 0 Å². The van der Waals surface area contributed by atoms with E-state index in [0.29, 0.717) is 6.04 Å². The van der Waals surface area contributed by atoms with Crippen molar-refractivity contribution >= 4 is 5.69 Å². The van der Waals surface area contributed by atoms with Crippen LogP contribution in [0.25, 0.3) is 0 Å². The summed E-state index contributed by atoms with van der Waals surface area (Å²) in [6.07, 6.45) is 1.10. The van der Waals surface area contributed by atoms with Crippen LogP contribution in [-0.2, 0) is 6.42 Å². The summed E-state index contributed by atoms with van der Waals surface area (Å²) in [6.45, 7) is 4.40. The van der Waals surface area contributed by atoms with Crippen molar-refractivity contribution in [3.05, 3.63) is 64.7 Å². The second kappa shape index (κ2) is 3.92. The molecule has 0 amide bonds. The third-order valence-corrected chi connectivity index (χ3v) is 3.79. The topological polar surface area (TPSA) is 12.0 Å². The van der Waals surface area contributed by atoms with E-state index in [-0.39, 0.29) is 0 Å². The quantitative estimate of drug-likeness (QED) is 0.770. The van der Waals surface area contributed by atoms with E-state index in [1.54, 1.807) is 0 Å². The highest BCUT2D eigenvalue weighted by Gasteiger charge is 2.22. The Bertz CT molecular complexity index is 532. The molecule has 17 heavy (non-hydrogen) atoms. The Morgan fingerprint density at radius 1 is 1.00 bits per heavy atom. The van der Waals surface area contributed by atoms with Gasteiger partial charge in [0.2, 0.25) is 0 Å². The zero-order valence-electron chi connectivity index (χ0n) is 10.3. The van der Waals surface area contributed by atoms with Crippen LogP contribution in [0.15, 0.2) is 42.5 Å². The Kier molecular flexibility index (Phi) is 2.40. The fourth-order valence-electron chi connectivity index (χ4n) is 2.64. The van der Waals surface area contributed by atoms with Crippen LogP contribution in [-0.4, -0.2) is 0 Å². The fourth-order valence-corrected chi connectivity index (χ4v) is 2.64. The molecule has 0 spiro atoms. The molecule has 1 atom stereocenters. The number of benzene rings is 2. The van der Waals surface area contributed by atoms with Crippen molar-refractivity contribution < 1.29 is 0 Å². The van der Waals surface area contributed by atoms with Gasteiger partial charge >= 0.3 is 0 Å². The minimum absolute atomic E-state index is 0.437. The predicted octanol–water partition coefficient (Wildman–Crippen LogP) is 4.01. The number of hydrogen-bond donors (Lipinski definition) is 1. The lowest BCUT2D eigenvalue weighted by molar-refractivity contribution is 0.814. The molecule has 1 aliphatic heterocycles. The van der Waals surface area contributed by atoms with Gasteiger partial charge in [-0.25, -0.2) is 0 Å². The molecule has 1 aliphatic rings. The highest BCUT2D eigenvalue weighted by Crippen LogP contribution is 2.35. The summed E-state index contributed by atoms with van der Waals surface area (Å²) in [4.78, 5) is 0. The van der Waals surface area contributed by atoms with Crippen molar-refractivity contribution in [3.63, 3.8) is 0 Å². The van der Waals surface area contributed by atoms with Crippen LogP contribution in [0.4, 0.5) is 5.69 Å². The molecule has 86 valence electrons. The Labute approximate surface area is 102 Å². The van der Waals surface area contributed by atoms with Crippen LogP contribution < -0.4 is 5.32 Å². The van der Waals surface area contributed by atoms with Crippen molar-refractivity contribution in [1.82, 2.24) is 0 Å². The van der Waals surface area contributed by atoms with Gasteiger partial charge in [0.1, 0.15) is 0 Å². The Balaban J connectivity index is 1.97. The van der Waals surface area contributed by atoms with Gasteiger partial charge in [0.25, 0.3) is 0 Å². The summed E-state index contributed by atoms with van der Waals surface area (Å²) in [5.41, 5.74) is 6.94. The molecular weight excluding hydrogens is 206 g/mol. The van der Waals surface area contributed by atoms with Crippen molar-refractivity contribution in [2.45, 2.75) is 26.3 Å². The fraction of sp³-hybridized carbons (Fsp3) is 0.250. The van der Waals surface area contributed by atoms with Crippen LogP contribution in [0.2, 0.25) is 0 Å². The van der Waals surface area contributed by atoms with Gasteiger partial charge in [0, 0.05) is 5.69 Å². The van der Waals surface area contributed by atoms with Gasteiger partial charge in [0.05, 0.1) is 6.04 Å². The first kappa shape index (κ1) is 10.4. The van der Waals surface area contributed by atoms with E-state index in [9.17, 15) is 0 Å². The van der Waals surface area contributed by atoms with Crippen LogP contribution in [0.5, 0.6) is 0 Å².